The van der Waals surface area contributed by atoms with E-state index in [0.29, 0.717) is 49.6 Å². The first kappa shape index (κ1) is 29.1. The SMILES string of the molecule is CCCCNC(=O)N1CCN(c2cc(Cl)nc(SCC(=O)N3CCN(c4ccc(OC)cc4)CC3)n2)CC1C. The van der Waals surface area contributed by atoms with Crippen LogP contribution in [0.3, 0.4) is 0 Å². The van der Waals surface area contributed by atoms with Gasteiger partial charge in [-0.1, -0.05) is 36.7 Å². The number of benzene rings is 1. The summed E-state index contributed by atoms with van der Waals surface area (Å²) in [5.41, 5.74) is 1.13. The molecule has 2 aromatic rings. The fourth-order valence-corrected chi connectivity index (χ4v) is 5.76. The number of halogens is 1. The Bertz CT molecular complexity index is 1120. The minimum Gasteiger partial charge on any atom is -0.497 e. The van der Waals surface area contributed by atoms with E-state index >= 15 is 0 Å². The van der Waals surface area contributed by atoms with E-state index in [1.165, 1.54) is 11.8 Å². The zero-order chi connectivity index (χ0) is 27.8. The van der Waals surface area contributed by atoms with E-state index in [2.05, 4.69) is 27.0 Å². The van der Waals surface area contributed by atoms with E-state index < -0.39 is 0 Å². The zero-order valence-corrected chi connectivity index (χ0v) is 24.5. The number of carbonyl (C=O) groups excluding carboxylic acids is 2. The second-order valence-electron chi connectivity index (χ2n) is 9.76. The third-order valence-corrected chi connectivity index (χ3v) is 8.10. The first-order chi connectivity index (χ1) is 18.9. The predicted octanol–water partition coefficient (Wildman–Crippen LogP) is 3.60. The van der Waals surface area contributed by atoms with Crippen molar-refractivity contribution in [3.8, 4) is 5.75 Å². The standard InChI is InChI=1S/C27H38ClN7O3S/c1-4-5-10-29-27(37)35-16-15-34(18-20(35)2)24-17-23(28)30-26(31-24)39-19-25(36)33-13-11-32(12-14-33)21-6-8-22(38-3)9-7-21/h6-9,17,20H,4-5,10-16,18-19H2,1-3H3,(H,29,37). The van der Waals surface area contributed by atoms with Crippen molar-refractivity contribution in [3.05, 3.63) is 35.5 Å². The molecule has 4 rings (SSSR count). The van der Waals surface area contributed by atoms with Crippen molar-refractivity contribution >= 4 is 46.8 Å². The van der Waals surface area contributed by atoms with E-state index in [0.717, 1.165) is 43.2 Å². The molecule has 3 amide bonds. The summed E-state index contributed by atoms with van der Waals surface area (Å²) in [5, 5.41) is 3.83. The first-order valence-electron chi connectivity index (χ1n) is 13.5. The summed E-state index contributed by atoms with van der Waals surface area (Å²) in [6.45, 7) is 9.64. The van der Waals surface area contributed by atoms with Crippen LogP contribution in [0.2, 0.25) is 5.15 Å². The lowest BCUT2D eigenvalue weighted by molar-refractivity contribution is -0.128. The predicted molar refractivity (Wildman–Crippen MR) is 156 cm³/mol. The van der Waals surface area contributed by atoms with E-state index in [4.69, 9.17) is 21.3 Å². The van der Waals surface area contributed by atoms with Crippen LogP contribution >= 0.6 is 23.4 Å². The molecule has 0 radical (unpaired) electrons. The highest BCUT2D eigenvalue weighted by atomic mass is 35.5. The average molecular weight is 576 g/mol. The van der Waals surface area contributed by atoms with E-state index in [1.54, 1.807) is 13.2 Å². The second-order valence-corrected chi connectivity index (χ2v) is 11.1. The number of nitrogens with one attached hydrogen (secondary N) is 1. The maximum absolute atomic E-state index is 12.9. The Morgan fingerprint density at radius 2 is 1.79 bits per heavy atom. The number of aromatic nitrogens is 2. The summed E-state index contributed by atoms with van der Waals surface area (Å²) in [6.07, 6.45) is 2.02. The van der Waals surface area contributed by atoms with Gasteiger partial charge in [0.15, 0.2) is 5.16 Å². The molecule has 1 unspecified atom stereocenters. The van der Waals surface area contributed by atoms with Crippen molar-refractivity contribution in [3.63, 3.8) is 0 Å². The third-order valence-electron chi connectivity index (χ3n) is 7.07. The number of urea groups is 1. The van der Waals surface area contributed by atoms with Crippen LogP contribution in [-0.4, -0.2) is 103 Å². The molecule has 1 N–H and O–H groups in total. The van der Waals surface area contributed by atoms with Crippen LogP contribution in [0.5, 0.6) is 5.75 Å². The van der Waals surface area contributed by atoms with Crippen molar-refractivity contribution in [1.82, 2.24) is 25.1 Å². The highest BCUT2D eigenvalue weighted by molar-refractivity contribution is 7.99. The molecule has 1 aromatic carbocycles. The molecule has 0 spiro atoms. The van der Waals surface area contributed by atoms with Crippen molar-refractivity contribution in [2.75, 3.05) is 75.0 Å². The fourth-order valence-electron chi connectivity index (χ4n) is 4.78. The van der Waals surface area contributed by atoms with E-state index in [1.807, 2.05) is 41.0 Å². The maximum Gasteiger partial charge on any atom is 0.317 e. The minimum atomic E-state index is -0.0177. The lowest BCUT2D eigenvalue weighted by atomic mass is 10.2. The largest absolute Gasteiger partial charge is 0.497 e. The van der Waals surface area contributed by atoms with Gasteiger partial charge in [0.25, 0.3) is 0 Å². The molecule has 2 aliphatic heterocycles. The van der Waals surface area contributed by atoms with Crippen LogP contribution in [0.15, 0.2) is 35.5 Å². The number of anilines is 2. The summed E-state index contributed by atoms with van der Waals surface area (Å²) >= 11 is 7.65. The molecule has 39 heavy (non-hydrogen) atoms. The summed E-state index contributed by atoms with van der Waals surface area (Å²) < 4.78 is 5.24. The van der Waals surface area contributed by atoms with Crippen LogP contribution in [0.1, 0.15) is 26.7 Å². The molecule has 1 aromatic heterocycles. The number of hydrogen-bond donors (Lipinski definition) is 1. The molecule has 2 fully saturated rings. The summed E-state index contributed by atoms with van der Waals surface area (Å²) in [6, 6.07) is 9.75. The topological polar surface area (TPSA) is 94.1 Å². The molecule has 0 saturated carbocycles. The molecule has 0 aliphatic carbocycles. The summed E-state index contributed by atoms with van der Waals surface area (Å²) in [4.78, 5) is 42.7. The van der Waals surface area contributed by atoms with Gasteiger partial charge in [-0.15, -0.1) is 0 Å². The number of nitrogens with zero attached hydrogens (tertiary/aromatic N) is 6. The molecule has 2 aliphatic rings. The number of methoxy groups -OCH3 is 1. The van der Waals surface area contributed by atoms with Crippen molar-refractivity contribution in [2.45, 2.75) is 37.9 Å². The number of thioether (sulfide) groups is 1. The van der Waals surface area contributed by atoms with Gasteiger partial charge in [0.05, 0.1) is 12.9 Å². The van der Waals surface area contributed by atoms with Crippen molar-refractivity contribution in [2.24, 2.45) is 0 Å². The monoisotopic (exact) mass is 575 g/mol. The Morgan fingerprint density at radius 1 is 1.08 bits per heavy atom. The van der Waals surface area contributed by atoms with Crippen molar-refractivity contribution < 1.29 is 14.3 Å². The molecule has 2 saturated heterocycles. The quantitative estimate of drug-likeness (QED) is 0.210. The maximum atomic E-state index is 12.9. The van der Waals surface area contributed by atoms with E-state index in [-0.39, 0.29) is 23.7 Å². The van der Waals surface area contributed by atoms with Crippen molar-refractivity contribution in [1.29, 1.82) is 0 Å². The summed E-state index contributed by atoms with van der Waals surface area (Å²) in [7, 11) is 1.66. The van der Waals surface area contributed by atoms with Crippen LogP contribution < -0.4 is 19.9 Å². The van der Waals surface area contributed by atoms with Gasteiger partial charge in [-0.2, -0.15) is 0 Å². The first-order valence-corrected chi connectivity index (χ1v) is 14.9. The Hall–Kier alpha value is -2.92. The highest BCUT2D eigenvalue weighted by Crippen LogP contribution is 2.25. The number of piperazine rings is 2. The third kappa shape index (κ3) is 7.82. The minimum absolute atomic E-state index is 0.0177. The molecule has 1 atom stereocenters. The normalized spacial score (nSPS) is 17.8. The van der Waals surface area contributed by atoms with Gasteiger partial charge in [0.1, 0.15) is 16.7 Å². The Labute approximate surface area is 240 Å². The smallest absolute Gasteiger partial charge is 0.317 e. The Balaban J connectivity index is 1.27. The number of carbonyl (C=O) groups is 2. The fraction of sp³-hybridized carbons (Fsp3) is 0.556. The number of unbranched alkanes of at least 4 members (excludes halogenated alkanes) is 1. The number of amides is 3. The molecular formula is C27H38ClN7O3S. The van der Waals surface area contributed by atoms with Gasteiger partial charge in [-0.25, -0.2) is 14.8 Å². The van der Waals surface area contributed by atoms with Crippen LogP contribution in [-0.2, 0) is 4.79 Å². The van der Waals surface area contributed by atoms with Gasteiger partial charge >= 0.3 is 6.03 Å². The van der Waals surface area contributed by atoms with Gasteiger partial charge < -0.3 is 29.7 Å². The lowest BCUT2D eigenvalue weighted by Gasteiger charge is -2.40. The summed E-state index contributed by atoms with van der Waals surface area (Å²) in [5.74, 6) is 1.87. The van der Waals surface area contributed by atoms with E-state index in [9.17, 15) is 9.59 Å². The average Bonchev–Trinajstić information content (AvgIpc) is 2.95. The number of hydrogen-bond acceptors (Lipinski definition) is 8. The molecule has 212 valence electrons. The van der Waals surface area contributed by atoms with Gasteiger partial charge in [0.2, 0.25) is 5.91 Å². The molecule has 0 bridgehead atoms. The van der Waals surface area contributed by atoms with Crippen LogP contribution in [0.25, 0.3) is 0 Å². The highest BCUT2D eigenvalue weighted by Gasteiger charge is 2.28. The van der Waals surface area contributed by atoms with Crippen LogP contribution in [0, 0.1) is 0 Å². The molecule has 3 heterocycles. The number of rotatable bonds is 9. The molecule has 10 nitrogen and oxygen atoms in total. The Morgan fingerprint density at radius 3 is 2.46 bits per heavy atom. The zero-order valence-electron chi connectivity index (χ0n) is 22.9. The van der Waals surface area contributed by atoms with Crippen LogP contribution in [0.4, 0.5) is 16.3 Å². The van der Waals surface area contributed by atoms with Gasteiger partial charge in [0, 0.05) is 70.2 Å². The van der Waals surface area contributed by atoms with Gasteiger partial charge in [-0.05, 0) is 37.6 Å². The molecular weight excluding hydrogens is 538 g/mol. The van der Waals surface area contributed by atoms with Gasteiger partial charge in [-0.3, -0.25) is 4.79 Å². The second kappa shape index (κ2) is 13.9. The lowest BCUT2D eigenvalue weighted by Crippen LogP contribution is -2.56. The molecule has 12 heteroatoms. The number of ether oxygens (including phenoxy) is 1. The Kier molecular flexibility index (Phi) is 10.4.